The molecule has 7 nitrogen and oxygen atoms in total. The first-order chi connectivity index (χ1) is 9.10. The first kappa shape index (κ1) is 14.9. The van der Waals surface area contributed by atoms with Gasteiger partial charge in [-0.05, 0) is 12.5 Å². The van der Waals surface area contributed by atoms with Crippen molar-refractivity contribution in [2.24, 2.45) is 0 Å². The second-order valence-electron chi connectivity index (χ2n) is 3.75. The summed E-state index contributed by atoms with van der Waals surface area (Å²) < 4.78 is 9.52. The average molecular weight is 268 g/mol. The molecule has 0 aromatic heterocycles. The summed E-state index contributed by atoms with van der Waals surface area (Å²) in [4.78, 5) is 21.7. The molecule has 104 valence electrons. The smallest absolute Gasteiger partial charge is 0.340 e. The number of nitro groups is 1. The lowest BCUT2D eigenvalue weighted by Gasteiger charge is -2.10. The van der Waals surface area contributed by atoms with Gasteiger partial charge in [0.2, 0.25) is 0 Å². The highest BCUT2D eigenvalue weighted by Crippen LogP contribution is 2.22. The molecular weight excluding hydrogens is 252 g/mol. The lowest BCUT2D eigenvalue weighted by molar-refractivity contribution is -0.384. The normalized spacial score (nSPS) is 10.0. The fourth-order valence-corrected chi connectivity index (χ4v) is 1.52. The van der Waals surface area contributed by atoms with Gasteiger partial charge in [-0.2, -0.15) is 0 Å². The molecule has 1 aromatic carbocycles. The van der Waals surface area contributed by atoms with Crippen molar-refractivity contribution in [3.05, 3.63) is 33.9 Å². The minimum absolute atomic E-state index is 0.147. The highest BCUT2D eigenvalue weighted by molar-refractivity contribution is 5.96. The quantitative estimate of drug-likeness (QED) is 0.351. The number of methoxy groups -OCH3 is 2. The van der Waals surface area contributed by atoms with Gasteiger partial charge in [0.1, 0.15) is 0 Å². The van der Waals surface area contributed by atoms with Crippen LogP contribution in [-0.2, 0) is 9.47 Å². The van der Waals surface area contributed by atoms with E-state index in [9.17, 15) is 14.9 Å². The number of carbonyl (C=O) groups is 1. The van der Waals surface area contributed by atoms with E-state index in [0.29, 0.717) is 18.8 Å². The van der Waals surface area contributed by atoms with Crippen LogP contribution in [0.2, 0.25) is 0 Å². The van der Waals surface area contributed by atoms with Crippen molar-refractivity contribution in [1.82, 2.24) is 0 Å². The zero-order valence-electron chi connectivity index (χ0n) is 10.8. The maximum atomic E-state index is 11.6. The van der Waals surface area contributed by atoms with E-state index >= 15 is 0 Å². The van der Waals surface area contributed by atoms with Crippen LogP contribution in [-0.4, -0.2) is 38.3 Å². The number of rotatable bonds is 7. The topological polar surface area (TPSA) is 90.7 Å². The third-order valence-electron chi connectivity index (χ3n) is 2.46. The van der Waals surface area contributed by atoms with Crippen molar-refractivity contribution in [2.75, 3.05) is 32.7 Å². The Labute approximate surface area is 110 Å². The van der Waals surface area contributed by atoms with Crippen LogP contribution in [0, 0.1) is 10.1 Å². The van der Waals surface area contributed by atoms with Crippen molar-refractivity contribution >= 4 is 17.3 Å². The summed E-state index contributed by atoms with van der Waals surface area (Å²) in [6.45, 7) is 1.18. The Bertz CT molecular complexity index is 461. The fraction of sp³-hybridized carbons (Fsp3) is 0.417. The van der Waals surface area contributed by atoms with E-state index in [0.717, 1.165) is 6.42 Å². The van der Waals surface area contributed by atoms with Crippen molar-refractivity contribution in [3.8, 4) is 0 Å². The van der Waals surface area contributed by atoms with E-state index in [-0.39, 0.29) is 11.3 Å². The van der Waals surface area contributed by atoms with E-state index in [1.54, 1.807) is 7.11 Å². The molecule has 1 N–H and O–H groups in total. The average Bonchev–Trinajstić information content (AvgIpc) is 2.42. The number of non-ortho nitro benzene ring substituents is 1. The Hall–Kier alpha value is -2.15. The van der Waals surface area contributed by atoms with Crippen LogP contribution in [0.4, 0.5) is 11.4 Å². The first-order valence-electron chi connectivity index (χ1n) is 5.69. The Kier molecular flexibility index (Phi) is 5.74. The number of ether oxygens (including phenoxy) is 2. The van der Waals surface area contributed by atoms with Crippen LogP contribution in [0.25, 0.3) is 0 Å². The van der Waals surface area contributed by atoms with Crippen molar-refractivity contribution in [3.63, 3.8) is 0 Å². The molecule has 0 fully saturated rings. The maximum Gasteiger partial charge on any atom is 0.340 e. The largest absolute Gasteiger partial charge is 0.465 e. The number of hydrogen-bond donors (Lipinski definition) is 1. The molecule has 0 bridgehead atoms. The summed E-state index contributed by atoms with van der Waals surface area (Å²) >= 11 is 0. The molecule has 0 aliphatic carbocycles. The summed E-state index contributed by atoms with van der Waals surface area (Å²) in [5.41, 5.74) is 0.505. The summed E-state index contributed by atoms with van der Waals surface area (Å²) in [7, 11) is 2.83. The molecule has 19 heavy (non-hydrogen) atoms. The third kappa shape index (κ3) is 4.22. The number of benzene rings is 1. The molecule has 0 heterocycles. The fourth-order valence-electron chi connectivity index (χ4n) is 1.52. The van der Waals surface area contributed by atoms with Gasteiger partial charge in [0.05, 0.1) is 17.6 Å². The Balaban J connectivity index is 2.89. The number of hydrogen-bond acceptors (Lipinski definition) is 6. The summed E-state index contributed by atoms with van der Waals surface area (Å²) in [5, 5.41) is 13.7. The Morgan fingerprint density at radius 1 is 1.42 bits per heavy atom. The van der Waals surface area contributed by atoms with Gasteiger partial charge < -0.3 is 14.8 Å². The van der Waals surface area contributed by atoms with Gasteiger partial charge in [-0.1, -0.05) is 0 Å². The molecule has 0 aliphatic rings. The molecular formula is C12H16N2O5. The molecule has 7 heteroatoms. The van der Waals surface area contributed by atoms with Crippen LogP contribution >= 0.6 is 0 Å². The number of carbonyl (C=O) groups excluding carboxylic acids is 1. The van der Waals surface area contributed by atoms with E-state index in [4.69, 9.17) is 4.74 Å². The number of nitro benzene ring substituents is 1. The summed E-state index contributed by atoms with van der Waals surface area (Å²) in [6.07, 6.45) is 0.758. The molecule has 0 saturated heterocycles. The van der Waals surface area contributed by atoms with Gasteiger partial charge >= 0.3 is 5.97 Å². The van der Waals surface area contributed by atoms with Crippen molar-refractivity contribution in [2.45, 2.75) is 6.42 Å². The molecule has 0 aliphatic heterocycles. The van der Waals surface area contributed by atoms with E-state index < -0.39 is 10.9 Å². The highest BCUT2D eigenvalue weighted by atomic mass is 16.6. The molecule has 0 spiro atoms. The number of anilines is 1. The predicted molar refractivity (Wildman–Crippen MR) is 69.4 cm³/mol. The summed E-state index contributed by atoms with van der Waals surface area (Å²) in [5.74, 6) is -0.613. The molecule has 1 aromatic rings. The standard InChI is InChI=1S/C12H16N2O5/c1-18-7-3-6-13-11-5-4-9(14(16)17)8-10(11)12(15)19-2/h4-5,8,13H,3,6-7H2,1-2H3. The monoisotopic (exact) mass is 268 g/mol. The van der Waals surface area contributed by atoms with Crippen molar-refractivity contribution < 1.29 is 19.2 Å². The molecule has 0 radical (unpaired) electrons. The molecule has 1 rings (SSSR count). The van der Waals surface area contributed by atoms with Gasteiger partial charge in [-0.25, -0.2) is 4.79 Å². The molecule has 0 saturated carbocycles. The van der Waals surface area contributed by atoms with Gasteiger partial charge in [0.15, 0.2) is 0 Å². The zero-order chi connectivity index (χ0) is 14.3. The van der Waals surface area contributed by atoms with Crippen LogP contribution in [0.15, 0.2) is 18.2 Å². The Morgan fingerprint density at radius 3 is 2.74 bits per heavy atom. The molecule has 0 atom stereocenters. The molecule has 0 unspecified atom stereocenters. The van der Waals surface area contributed by atoms with Gasteiger partial charge in [-0.3, -0.25) is 10.1 Å². The third-order valence-corrected chi connectivity index (χ3v) is 2.46. The second kappa shape index (κ2) is 7.32. The number of nitrogens with one attached hydrogen (secondary N) is 1. The van der Waals surface area contributed by atoms with Crippen molar-refractivity contribution in [1.29, 1.82) is 0 Å². The van der Waals surface area contributed by atoms with Crippen LogP contribution in [0.5, 0.6) is 0 Å². The van der Waals surface area contributed by atoms with E-state index in [1.165, 1.54) is 25.3 Å². The van der Waals surface area contributed by atoms with Crippen LogP contribution in [0.1, 0.15) is 16.8 Å². The van der Waals surface area contributed by atoms with Gasteiger partial charge in [0, 0.05) is 38.1 Å². The minimum atomic E-state index is -0.613. The zero-order valence-corrected chi connectivity index (χ0v) is 10.8. The number of esters is 1. The predicted octanol–water partition coefficient (Wildman–Crippen LogP) is 1.83. The lowest BCUT2D eigenvalue weighted by atomic mass is 10.1. The molecule has 0 amide bonds. The minimum Gasteiger partial charge on any atom is -0.465 e. The first-order valence-corrected chi connectivity index (χ1v) is 5.69. The SMILES string of the molecule is COCCCNc1ccc([N+](=O)[O-])cc1C(=O)OC. The Morgan fingerprint density at radius 2 is 2.16 bits per heavy atom. The van der Waals surface area contributed by atoms with E-state index in [1.807, 2.05) is 0 Å². The second-order valence-corrected chi connectivity index (χ2v) is 3.75. The summed E-state index contributed by atoms with van der Waals surface area (Å²) in [6, 6.07) is 4.03. The van der Waals surface area contributed by atoms with Crippen LogP contribution in [0.3, 0.4) is 0 Å². The van der Waals surface area contributed by atoms with Gasteiger partial charge in [0.25, 0.3) is 5.69 Å². The number of nitrogens with zero attached hydrogens (tertiary/aromatic N) is 1. The van der Waals surface area contributed by atoms with Gasteiger partial charge in [-0.15, -0.1) is 0 Å². The lowest BCUT2D eigenvalue weighted by Crippen LogP contribution is -2.11. The highest BCUT2D eigenvalue weighted by Gasteiger charge is 2.16. The van der Waals surface area contributed by atoms with E-state index in [2.05, 4.69) is 10.1 Å². The van der Waals surface area contributed by atoms with Crippen LogP contribution < -0.4 is 5.32 Å². The maximum absolute atomic E-state index is 11.6.